The molecule has 0 fully saturated rings. The molecule has 0 spiro atoms. The molecule has 0 aromatic carbocycles. The van der Waals surface area contributed by atoms with Crippen LogP contribution in [-0.2, 0) is 0 Å². The van der Waals surface area contributed by atoms with E-state index < -0.39 is 0 Å². The summed E-state index contributed by atoms with van der Waals surface area (Å²) in [6, 6.07) is 0. The Morgan fingerprint density at radius 2 is 1.61 bits per heavy atom. The first-order valence-corrected chi connectivity index (χ1v) is 8.18. The first kappa shape index (κ1) is 13.9. The molecule has 2 rings (SSSR count). The average molecular weight is 246 g/mol. The van der Waals surface area contributed by atoms with E-state index in [1.165, 1.54) is 57.8 Å². The molecule has 0 amide bonds. The largest absolute Gasteiger partial charge is 0.0659 e. The van der Waals surface area contributed by atoms with Crippen molar-refractivity contribution in [3.05, 3.63) is 22.8 Å². The maximum absolute atomic E-state index is 2.56. The van der Waals surface area contributed by atoms with Gasteiger partial charge in [-0.1, -0.05) is 70.1 Å². The van der Waals surface area contributed by atoms with E-state index in [2.05, 4.69) is 26.8 Å². The molecule has 2 aliphatic rings. The van der Waals surface area contributed by atoms with Crippen LogP contribution in [0.5, 0.6) is 0 Å². The second kappa shape index (κ2) is 6.59. The highest BCUT2D eigenvalue weighted by atomic mass is 14.4. The van der Waals surface area contributed by atoms with Gasteiger partial charge in [-0.25, -0.2) is 0 Å². The number of rotatable bonds is 6. The standard InChI is InChI=1S/C18H30/c1-4-7-14-10-17-12-15(8-5-2)16(9-6-3)13-18(17)11-14/h10,15-16H,4-9,11-13H2,1-3H3. The van der Waals surface area contributed by atoms with Crippen LogP contribution in [0.4, 0.5) is 0 Å². The average Bonchev–Trinajstić information content (AvgIpc) is 2.72. The summed E-state index contributed by atoms with van der Waals surface area (Å²) in [6.07, 6.45) is 14.9. The molecule has 2 unspecified atom stereocenters. The quantitative estimate of drug-likeness (QED) is 0.536. The van der Waals surface area contributed by atoms with Crippen LogP contribution in [0.25, 0.3) is 0 Å². The summed E-state index contributed by atoms with van der Waals surface area (Å²) in [5.74, 6) is 1.97. The van der Waals surface area contributed by atoms with E-state index in [1.54, 1.807) is 11.1 Å². The summed E-state index contributed by atoms with van der Waals surface area (Å²) in [5, 5.41) is 0. The SMILES string of the molecule is CCCC1=CC2=C(C1)CC(CCC)C(CCC)C2. The third kappa shape index (κ3) is 3.08. The van der Waals surface area contributed by atoms with E-state index in [1.807, 2.05) is 5.57 Å². The Balaban J connectivity index is 2.03. The summed E-state index contributed by atoms with van der Waals surface area (Å²) in [4.78, 5) is 0. The van der Waals surface area contributed by atoms with Crippen LogP contribution >= 0.6 is 0 Å². The lowest BCUT2D eigenvalue weighted by Gasteiger charge is -2.32. The number of hydrogen-bond donors (Lipinski definition) is 0. The Labute approximate surface area is 114 Å². The summed E-state index contributed by atoms with van der Waals surface area (Å²) >= 11 is 0. The minimum Gasteiger partial charge on any atom is -0.0659 e. The van der Waals surface area contributed by atoms with Gasteiger partial charge in [-0.2, -0.15) is 0 Å². The van der Waals surface area contributed by atoms with Crippen LogP contribution in [-0.4, -0.2) is 0 Å². The molecule has 0 bridgehead atoms. The van der Waals surface area contributed by atoms with Crippen molar-refractivity contribution in [1.29, 1.82) is 0 Å². The lowest BCUT2D eigenvalue weighted by atomic mass is 9.73. The molecule has 0 heteroatoms. The van der Waals surface area contributed by atoms with Gasteiger partial charge < -0.3 is 0 Å². The highest BCUT2D eigenvalue weighted by molar-refractivity contribution is 5.41. The van der Waals surface area contributed by atoms with Crippen LogP contribution in [0.2, 0.25) is 0 Å². The molecule has 0 nitrogen and oxygen atoms in total. The maximum atomic E-state index is 2.56. The Kier molecular flexibility index (Phi) is 5.09. The molecule has 0 aliphatic heterocycles. The topological polar surface area (TPSA) is 0 Å². The van der Waals surface area contributed by atoms with Gasteiger partial charge in [-0.15, -0.1) is 0 Å². The van der Waals surface area contributed by atoms with E-state index in [-0.39, 0.29) is 0 Å². The summed E-state index contributed by atoms with van der Waals surface area (Å²) in [5.41, 5.74) is 5.27. The highest BCUT2D eigenvalue weighted by Crippen LogP contribution is 2.45. The van der Waals surface area contributed by atoms with Gasteiger partial charge in [-0.05, 0) is 43.1 Å². The van der Waals surface area contributed by atoms with Crippen molar-refractivity contribution in [2.24, 2.45) is 11.8 Å². The summed E-state index contributed by atoms with van der Waals surface area (Å²) in [7, 11) is 0. The van der Waals surface area contributed by atoms with Crippen molar-refractivity contribution in [1.82, 2.24) is 0 Å². The van der Waals surface area contributed by atoms with Gasteiger partial charge in [-0.3, -0.25) is 0 Å². The van der Waals surface area contributed by atoms with Crippen molar-refractivity contribution in [2.75, 3.05) is 0 Å². The number of hydrogen-bond acceptors (Lipinski definition) is 0. The minimum absolute atomic E-state index is 0.978. The Morgan fingerprint density at radius 3 is 2.22 bits per heavy atom. The van der Waals surface area contributed by atoms with E-state index in [0.717, 1.165) is 11.8 Å². The second-order valence-corrected chi connectivity index (χ2v) is 6.36. The summed E-state index contributed by atoms with van der Waals surface area (Å²) < 4.78 is 0. The monoisotopic (exact) mass is 246 g/mol. The van der Waals surface area contributed by atoms with E-state index in [9.17, 15) is 0 Å². The molecule has 0 saturated heterocycles. The fourth-order valence-corrected chi connectivity index (χ4v) is 4.02. The molecule has 0 aromatic heterocycles. The van der Waals surface area contributed by atoms with Crippen molar-refractivity contribution in [2.45, 2.75) is 78.6 Å². The normalized spacial score (nSPS) is 27.4. The molecule has 102 valence electrons. The predicted octanol–water partition coefficient (Wildman–Crippen LogP) is 6.04. The summed E-state index contributed by atoms with van der Waals surface area (Å²) in [6.45, 7) is 7.00. The van der Waals surface area contributed by atoms with Gasteiger partial charge >= 0.3 is 0 Å². The molecule has 0 radical (unpaired) electrons. The van der Waals surface area contributed by atoms with Crippen LogP contribution in [0.1, 0.15) is 78.6 Å². The van der Waals surface area contributed by atoms with Gasteiger partial charge in [0.05, 0.1) is 0 Å². The predicted molar refractivity (Wildman–Crippen MR) is 80.7 cm³/mol. The molecule has 2 aliphatic carbocycles. The Bertz CT molecular complexity index is 332. The van der Waals surface area contributed by atoms with Crippen molar-refractivity contribution >= 4 is 0 Å². The maximum Gasteiger partial charge on any atom is -0.00993 e. The third-order valence-corrected chi connectivity index (χ3v) is 4.82. The molecule has 0 N–H and O–H groups in total. The van der Waals surface area contributed by atoms with E-state index >= 15 is 0 Å². The zero-order chi connectivity index (χ0) is 13.0. The van der Waals surface area contributed by atoms with E-state index in [0.29, 0.717) is 0 Å². The van der Waals surface area contributed by atoms with Crippen LogP contribution in [0, 0.1) is 11.8 Å². The minimum atomic E-state index is 0.978. The number of allylic oxidation sites excluding steroid dienone is 4. The Morgan fingerprint density at radius 1 is 0.944 bits per heavy atom. The molecule has 0 saturated carbocycles. The fourth-order valence-electron chi connectivity index (χ4n) is 4.02. The van der Waals surface area contributed by atoms with Crippen LogP contribution in [0.15, 0.2) is 22.8 Å². The van der Waals surface area contributed by atoms with Crippen LogP contribution < -0.4 is 0 Å². The smallest absolute Gasteiger partial charge is 0.00993 e. The fraction of sp³-hybridized carbons (Fsp3) is 0.778. The zero-order valence-corrected chi connectivity index (χ0v) is 12.6. The van der Waals surface area contributed by atoms with Gasteiger partial charge in [0.15, 0.2) is 0 Å². The highest BCUT2D eigenvalue weighted by Gasteiger charge is 2.30. The van der Waals surface area contributed by atoms with Gasteiger partial charge in [0.1, 0.15) is 0 Å². The third-order valence-electron chi connectivity index (χ3n) is 4.82. The molecular formula is C18H30. The molecule has 2 atom stereocenters. The Hall–Kier alpha value is -0.520. The van der Waals surface area contributed by atoms with Crippen molar-refractivity contribution in [3.8, 4) is 0 Å². The first-order valence-electron chi connectivity index (χ1n) is 8.18. The molecular weight excluding hydrogens is 216 g/mol. The van der Waals surface area contributed by atoms with Crippen molar-refractivity contribution in [3.63, 3.8) is 0 Å². The molecule has 0 heterocycles. The lowest BCUT2D eigenvalue weighted by molar-refractivity contribution is 0.271. The van der Waals surface area contributed by atoms with Gasteiger partial charge in [0.2, 0.25) is 0 Å². The lowest BCUT2D eigenvalue weighted by Crippen LogP contribution is -2.20. The van der Waals surface area contributed by atoms with E-state index in [4.69, 9.17) is 0 Å². The zero-order valence-electron chi connectivity index (χ0n) is 12.6. The van der Waals surface area contributed by atoms with Gasteiger partial charge in [0, 0.05) is 0 Å². The second-order valence-electron chi connectivity index (χ2n) is 6.36. The van der Waals surface area contributed by atoms with Gasteiger partial charge in [0.25, 0.3) is 0 Å². The van der Waals surface area contributed by atoms with Crippen molar-refractivity contribution < 1.29 is 0 Å². The molecule has 18 heavy (non-hydrogen) atoms. The first-order chi connectivity index (χ1) is 8.78. The molecule has 0 aromatic rings. The van der Waals surface area contributed by atoms with Crippen LogP contribution in [0.3, 0.4) is 0 Å².